The van der Waals surface area contributed by atoms with Gasteiger partial charge in [-0.1, -0.05) is 31.1 Å². The second-order valence-electron chi connectivity index (χ2n) is 9.98. The molecule has 0 saturated heterocycles. The van der Waals surface area contributed by atoms with E-state index in [2.05, 4.69) is 10.6 Å². The Hall–Kier alpha value is -3.44. The van der Waals surface area contributed by atoms with Gasteiger partial charge in [-0.25, -0.2) is 0 Å². The Bertz CT molecular complexity index is 1030. The molecule has 0 heterocycles. The van der Waals surface area contributed by atoms with Crippen molar-refractivity contribution < 1.29 is 39.2 Å². The van der Waals surface area contributed by atoms with E-state index in [1.807, 2.05) is 0 Å². The molecule has 11 heteroatoms. The van der Waals surface area contributed by atoms with Gasteiger partial charge in [-0.05, 0) is 36.0 Å². The van der Waals surface area contributed by atoms with Crippen molar-refractivity contribution in [3.63, 3.8) is 0 Å². The number of aliphatic hydroxyl groups excluding tert-OH is 2. The number of rotatable bonds is 11. The molecule has 7 N–H and O–H groups in total. The van der Waals surface area contributed by atoms with Gasteiger partial charge in [0, 0.05) is 24.8 Å². The van der Waals surface area contributed by atoms with Crippen LogP contribution in [-0.2, 0) is 25.6 Å². The number of ether oxygens (including phenoxy) is 1. The van der Waals surface area contributed by atoms with Gasteiger partial charge in [-0.2, -0.15) is 0 Å². The third-order valence-electron chi connectivity index (χ3n) is 7.16. The van der Waals surface area contributed by atoms with Gasteiger partial charge in [0.25, 0.3) is 0 Å². The smallest absolute Gasteiger partial charge is 0.303 e. The molecule has 2 aliphatic rings. The fourth-order valence-corrected chi connectivity index (χ4v) is 5.17. The van der Waals surface area contributed by atoms with E-state index in [4.69, 9.17) is 10.5 Å². The maximum absolute atomic E-state index is 13.0. The van der Waals surface area contributed by atoms with Crippen LogP contribution < -0.4 is 21.1 Å². The number of nitrogens with one attached hydrogen (secondary N) is 2. The normalized spacial score (nSPS) is 23.4. The van der Waals surface area contributed by atoms with Crippen molar-refractivity contribution in [1.29, 1.82) is 0 Å². The van der Waals surface area contributed by atoms with Gasteiger partial charge >= 0.3 is 5.97 Å². The van der Waals surface area contributed by atoms with Crippen LogP contribution in [0.4, 0.5) is 0 Å². The van der Waals surface area contributed by atoms with Crippen molar-refractivity contribution in [3.8, 4) is 5.75 Å². The van der Waals surface area contributed by atoms with E-state index < -0.39 is 53.4 Å². The zero-order valence-corrected chi connectivity index (χ0v) is 20.8. The molecule has 1 aromatic rings. The first-order chi connectivity index (χ1) is 17.5. The summed E-state index contributed by atoms with van der Waals surface area (Å²) in [6, 6.07) is 4.83. The number of aliphatic hydroxyl groups is 2. The summed E-state index contributed by atoms with van der Waals surface area (Å²) >= 11 is 0. The van der Waals surface area contributed by atoms with Crippen LogP contribution >= 0.6 is 0 Å². The molecule has 1 fully saturated rings. The summed E-state index contributed by atoms with van der Waals surface area (Å²) in [7, 11) is 1.53. The topological polar surface area (TPSA) is 188 Å². The number of carbonyl (C=O) groups excluding carboxylic acids is 3. The first-order valence-corrected chi connectivity index (χ1v) is 12.3. The minimum Gasteiger partial charge on any atom is -0.497 e. The lowest BCUT2D eigenvalue weighted by Crippen LogP contribution is -2.52. The van der Waals surface area contributed by atoms with Gasteiger partial charge in [-0.3, -0.25) is 19.2 Å². The molecule has 3 rings (SSSR count). The summed E-state index contributed by atoms with van der Waals surface area (Å²) in [6.07, 6.45) is 1.39. The lowest BCUT2D eigenvalue weighted by atomic mass is 9.79. The molecule has 4 atom stereocenters. The summed E-state index contributed by atoms with van der Waals surface area (Å²) in [4.78, 5) is 49.1. The van der Waals surface area contributed by atoms with Crippen LogP contribution in [0.5, 0.6) is 5.75 Å². The highest BCUT2D eigenvalue weighted by Gasteiger charge is 2.40. The number of nitrogens with two attached hydrogens (primary N) is 1. The number of amides is 3. The van der Waals surface area contributed by atoms with Crippen LogP contribution in [-0.4, -0.2) is 70.4 Å². The molecular formula is C26H35N3O8. The Morgan fingerprint density at radius 3 is 2.32 bits per heavy atom. The van der Waals surface area contributed by atoms with Crippen LogP contribution in [0.2, 0.25) is 0 Å². The highest BCUT2D eigenvalue weighted by molar-refractivity contribution is 5.97. The van der Waals surface area contributed by atoms with Crippen LogP contribution in [0.1, 0.15) is 50.5 Å². The number of carboxylic acid groups (broad SMARTS) is 1. The predicted molar refractivity (Wildman–Crippen MR) is 132 cm³/mol. The van der Waals surface area contributed by atoms with Gasteiger partial charge in [-0.15, -0.1) is 0 Å². The first kappa shape index (κ1) is 28.1. The fraction of sp³-hybridized carbons (Fsp3) is 0.538. The van der Waals surface area contributed by atoms with E-state index in [1.165, 1.54) is 13.2 Å². The van der Waals surface area contributed by atoms with E-state index in [9.17, 15) is 34.5 Å². The van der Waals surface area contributed by atoms with Crippen LogP contribution in [0.15, 0.2) is 35.9 Å². The Balaban J connectivity index is 1.68. The number of hydrogen-bond acceptors (Lipinski definition) is 7. The second-order valence-corrected chi connectivity index (χ2v) is 9.98. The third-order valence-corrected chi connectivity index (χ3v) is 7.16. The number of primary amides is 1. The molecule has 0 bridgehead atoms. The number of methoxy groups -OCH3 is 1. The van der Waals surface area contributed by atoms with Crippen LogP contribution in [0, 0.1) is 5.41 Å². The molecule has 4 unspecified atom stereocenters. The second kappa shape index (κ2) is 12.2. The Morgan fingerprint density at radius 2 is 1.76 bits per heavy atom. The van der Waals surface area contributed by atoms with Gasteiger partial charge in [0.05, 0.1) is 25.7 Å². The minimum atomic E-state index is -1.36. The van der Waals surface area contributed by atoms with E-state index in [-0.39, 0.29) is 31.3 Å². The maximum Gasteiger partial charge on any atom is 0.303 e. The summed E-state index contributed by atoms with van der Waals surface area (Å²) in [5.74, 6) is -2.20. The van der Waals surface area contributed by atoms with E-state index in [1.54, 1.807) is 24.3 Å². The molecule has 0 aliphatic heterocycles. The standard InChI is InChI=1S/C26H35N3O8/c1-37-17-6-4-15(5-7-17)10-19(24(27)35)29-25(36)16-11-18(23(34)20(30)12-16)28-21(31)13-26(14-22(32)33)8-2-3-9-26/h4-7,11,18-20,23,30,34H,2-3,8-10,12-14H2,1H3,(H2,27,35)(H,28,31)(H,29,36)(H,32,33). The Kier molecular flexibility index (Phi) is 9.28. The zero-order valence-electron chi connectivity index (χ0n) is 20.8. The maximum atomic E-state index is 13.0. The SMILES string of the molecule is COc1ccc(CC(NC(=O)C2=CC(NC(=O)CC3(CC(=O)O)CCCC3)C(O)C(O)C2)C(N)=O)cc1. The predicted octanol–water partition coefficient (Wildman–Crippen LogP) is 0.170. The average Bonchev–Trinajstić information content (AvgIpc) is 3.28. The molecule has 0 radical (unpaired) electrons. The Morgan fingerprint density at radius 1 is 1.11 bits per heavy atom. The highest BCUT2D eigenvalue weighted by Crippen LogP contribution is 2.44. The van der Waals surface area contributed by atoms with E-state index in [0.29, 0.717) is 18.6 Å². The van der Waals surface area contributed by atoms with Crippen molar-refractivity contribution in [2.24, 2.45) is 11.1 Å². The summed E-state index contributed by atoms with van der Waals surface area (Å²) in [5, 5.41) is 35.3. The van der Waals surface area contributed by atoms with Gasteiger partial charge in [0.2, 0.25) is 17.7 Å². The molecule has 0 aromatic heterocycles. The van der Waals surface area contributed by atoms with E-state index >= 15 is 0 Å². The Labute approximate surface area is 215 Å². The van der Waals surface area contributed by atoms with E-state index in [0.717, 1.165) is 18.4 Å². The van der Waals surface area contributed by atoms with Gasteiger partial charge in [0.15, 0.2) is 0 Å². The number of aliphatic carboxylic acids is 1. The first-order valence-electron chi connectivity index (χ1n) is 12.3. The van der Waals surface area contributed by atoms with Crippen molar-refractivity contribution in [1.82, 2.24) is 10.6 Å². The average molecular weight is 518 g/mol. The molecule has 3 amide bonds. The van der Waals surface area contributed by atoms with Crippen molar-refractivity contribution in [3.05, 3.63) is 41.5 Å². The molecule has 2 aliphatic carbocycles. The summed E-state index contributed by atoms with van der Waals surface area (Å²) < 4.78 is 5.11. The van der Waals surface area contributed by atoms with Gasteiger partial charge in [0.1, 0.15) is 17.9 Å². The summed E-state index contributed by atoms with van der Waals surface area (Å²) in [6.45, 7) is 0. The van der Waals surface area contributed by atoms with Crippen LogP contribution in [0.25, 0.3) is 0 Å². The zero-order chi connectivity index (χ0) is 27.2. The fourth-order valence-electron chi connectivity index (χ4n) is 5.17. The molecule has 37 heavy (non-hydrogen) atoms. The molecule has 11 nitrogen and oxygen atoms in total. The number of benzene rings is 1. The minimum absolute atomic E-state index is 0.0282. The van der Waals surface area contributed by atoms with Crippen LogP contribution in [0.3, 0.4) is 0 Å². The van der Waals surface area contributed by atoms with Crippen molar-refractivity contribution in [2.45, 2.75) is 75.7 Å². The number of carboxylic acids is 1. The number of carbonyl (C=O) groups is 4. The molecule has 1 saturated carbocycles. The monoisotopic (exact) mass is 517 g/mol. The van der Waals surface area contributed by atoms with Crippen molar-refractivity contribution in [2.75, 3.05) is 7.11 Å². The lowest BCUT2D eigenvalue weighted by Gasteiger charge is -2.33. The summed E-state index contributed by atoms with van der Waals surface area (Å²) in [5.41, 5.74) is 5.68. The molecule has 202 valence electrons. The largest absolute Gasteiger partial charge is 0.497 e. The third kappa shape index (κ3) is 7.53. The highest BCUT2D eigenvalue weighted by atomic mass is 16.5. The molecule has 1 aromatic carbocycles. The lowest BCUT2D eigenvalue weighted by molar-refractivity contribution is -0.140. The molecule has 0 spiro atoms. The van der Waals surface area contributed by atoms with Gasteiger partial charge < -0.3 is 36.4 Å². The van der Waals surface area contributed by atoms with Crippen molar-refractivity contribution >= 4 is 23.7 Å². The molecular weight excluding hydrogens is 482 g/mol. The number of hydrogen-bond donors (Lipinski definition) is 6. The quantitative estimate of drug-likeness (QED) is 0.239.